The molecular weight excluding hydrogens is 431 g/mol. The van der Waals surface area contributed by atoms with Crippen molar-refractivity contribution >= 4 is 43.5 Å². The SMILES string of the molecule is COC(=O)C1(C)CCCN1N=Cc1c(Cl)cc(OCOCC[Si](C)(C)C)cc1Cl. The van der Waals surface area contributed by atoms with Gasteiger partial charge in [0.2, 0.25) is 0 Å². The molecule has 6 nitrogen and oxygen atoms in total. The smallest absolute Gasteiger partial charge is 0.333 e. The molecule has 1 saturated heterocycles. The fraction of sp³-hybridized carbons (Fsp3) is 0.600. The molecule has 1 aliphatic rings. The predicted molar refractivity (Wildman–Crippen MR) is 120 cm³/mol. The molecule has 0 aliphatic carbocycles. The van der Waals surface area contributed by atoms with E-state index in [-0.39, 0.29) is 12.8 Å². The van der Waals surface area contributed by atoms with Gasteiger partial charge in [-0.1, -0.05) is 42.8 Å². The molecule has 1 aromatic carbocycles. The molecule has 1 aromatic rings. The van der Waals surface area contributed by atoms with Crippen LogP contribution in [-0.2, 0) is 14.3 Å². The maximum atomic E-state index is 12.1. The van der Waals surface area contributed by atoms with Gasteiger partial charge in [0, 0.05) is 26.8 Å². The van der Waals surface area contributed by atoms with Crippen LogP contribution in [-0.4, -0.2) is 57.9 Å². The molecule has 0 saturated carbocycles. The summed E-state index contributed by atoms with van der Waals surface area (Å²) in [6.45, 7) is 10.2. The quantitative estimate of drug-likeness (QED) is 0.169. The maximum absolute atomic E-state index is 12.1. The zero-order valence-corrected chi connectivity index (χ0v) is 20.3. The Balaban J connectivity index is 2.00. The van der Waals surface area contributed by atoms with Crippen LogP contribution in [0.5, 0.6) is 5.75 Å². The van der Waals surface area contributed by atoms with Crippen molar-refractivity contribution < 1.29 is 19.0 Å². The van der Waals surface area contributed by atoms with Crippen LogP contribution in [0.1, 0.15) is 25.3 Å². The van der Waals surface area contributed by atoms with Crippen LogP contribution in [0.15, 0.2) is 17.2 Å². The summed E-state index contributed by atoms with van der Waals surface area (Å²) in [5.41, 5.74) is -0.208. The molecule has 1 aliphatic heterocycles. The Morgan fingerprint density at radius 1 is 1.31 bits per heavy atom. The summed E-state index contributed by atoms with van der Waals surface area (Å²) in [6.07, 6.45) is 3.11. The first-order valence-corrected chi connectivity index (χ1v) is 14.1. The fourth-order valence-corrected chi connectivity index (χ4v) is 4.32. The molecule has 1 unspecified atom stereocenters. The van der Waals surface area contributed by atoms with E-state index in [0.717, 1.165) is 12.5 Å². The molecule has 0 aromatic heterocycles. The second-order valence-electron chi connectivity index (χ2n) is 8.52. The van der Waals surface area contributed by atoms with Crippen LogP contribution in [0.3, 0.4) is 0 Å². The van der Waals surface area contributed by atoms with Crippen LogP contribution in [0.2, 0.25) is 35.7 Å². The molecule has 2 rings (SSSR count). The summed E-state index contributed by atoms with van der Waals surface area (Å²) in [4.78, 5) is 12.1. The summed E-state index contributed by atoms with van der Waals surface area (Å²) in [6, 6.07) is 4.44. The molecular formula is C20H30Cl2N2O4Si. The van der Waals surface area contributed by atoms with Crippen molar-refractivity contribution in [2.24, 2.45) is 5.10 Å². The first-order chi connectivity index (χ1) is 13.6. The van der Waals surface area contributed by atoms with Gasteiger partial charge in [-0.2, -0.15) is 5.10 Å². The normalized spacial score (nSPS) is 19.8. The van der Waals surface area contributed by atoms with E-state index < -0.39 is 13.6 Å². The van der Waals surface area contributed by atoms with Crippen molar-refractivity contribution in [3.63, 3.8) is 0 Å². The maximum Gasteiger partial charge on any atom is 0.333 e. The van der Waals surface area contributed by atoms with Gasteiger partial charge in [-0.05, 0) is 37.9 Å². The van der Waals surface area contributed by atoms with Crippen LogP contribution in [0.4, 0.5) is 0 Å². The number of nitrogens with zero attached hydrogens (tertiary/aromatic N) is 2. The molecule has 1 heterocycles. The predicted octanol–water partition coefficient (Wildman–Crippen LogP) is 5.05. The Hall–Kier alpha value is -1.28. The van der Waals surface area contributed by atoms with Crippen LogP contribution in [0.25, 0.3) is 0 Å². The number of ether oxygens (including phenoxy) is 3. The summed E-state index contributed by atoms with van der Waals surface area (Å²) < 4.78 is 16.1. The number of methoxy groups -OCH3 is 1. The van der Waals surface area contributed by atoms with Gasteiger partial charge < -0.3 is 14.2 Å². The summed E-state index contributed by atoms with van der Waals surface area (Å²) in [5.74, 6) is 0.230. The third kappa shape index (κ3) is 6.60. The van der Waals surface area contributed by atoms with Crippen LogP contribution in [0, 0.1) is 0 Å². The zero-order valence-electron chi connectivity index (χ0n) is 17.8. The molecule has 1 atom stereocenters. The first-order valence-electron chi connectivity index (χ1n) is 9.66. The van der Waals surface area contributed by atoms with Gasteiger partial charge in [0.25, 0.3) is 0 Å². The van der Waals surface area contributed by atoms with Crippen LogP contribution < -0.4 is 4.74 Å². The minimum absolute atomic E-state index is 0.149. The molecule has 1 fully saturated rings. The lowest BCUT2D eigenvalue weighted by molar-refractivity contribution is -0.152. The fourth-order valence-electron chi connectivity index (χ4n) is 3.00. The molecule has 9 heteroatoms. The molecule has 0 radical (unpaired) electrons. The largest absolute Gasteiger partial charge is 0.467 e. The molecule has 0 spiro atoms. The second-order valence-corrected chi connectivity index (χ2v) is 15.0. The number of halogens is 2. The highest BCUT2D eigenvalue weighted by molar-refractivity contribution is 6.76. The highest BCUT2D eigenvalue weighted by Gasteiger charge is 2.44. The Morgan fingerprint density at radius 3 is 2.55 bits per heavy atom. The van der Waals surface area contributed by atoms with E-state index in [9.17, 15) is 4.79 Å². The minimum Gasteiger partial charge on any atom is -0.467 e. The zero-order chi connectivity index (χ0) is 21.7. The Bertz CT molecular complexity index is 731. The Kier molecular flexibility index (Phi) is 8.40. The first kappa shape index (κ1) is 24.0. The molecule has 0 bridgehead atoms. The Morgan fingerprint density at radius 2 is 1.97 bits per heavy atom. The van der Waals surface area contributed by atoms with Gasteiger partial charge in [0.05, 0.1) is 23.4 Å². The van der Waals surface area contributed by atoms with E-state index in [1.165, 1.54) is 7.11 Å². The van der Waals surface area contributed by atoms with Crippen molar-refractivity contribution in [3.8, 4) is 5.75 Å². The number of carbonyl (C=O) groups is 1. The number of hydrogen-bond acceptors (Lipinski definition) is 6. The third-order valence-corrected chi connectivity index (χ3v) is 7.24. The minimum atomic E-state index is -1.12. The average molecular weight is 461 g/mol. The third-order valence-electron chi connectivity index (χ3n) is 4.91. The van der Waals surface area contributed by atoms with Crippen molar-refractivity contribution in [3.05, 3.63) is 27.7 Å². The molecule has 29 heavy (non-hydrogen) atoms. The Labute approximate surface area is 184 Å². The number of hydrogen-bond donors (Lipinski definition) is 0. The van der Waals surface area contributed by atoms with Crippen LogP contribution >= 0.6 is 23.2 Å². The molecule has 0 amide bonds. The lowest BCUT2D eigenvalue weighted by atomic mass is 10.0. The van der Waals surface area contributed by atoms with Gasteiger partial charge in [0.15, 0.2) is 12.3 Å². The second kappa shape index (κ2) is 10.2. The number of hydrazone groups is 1. The van der Waals surface area contributed by atoms with Crippen molar-refractivity contribution in [2.75, 3.05) is 27.1 Å². The lowest BCUT2D eigenvalue weighted by Gasteiger charge is -2.29. The summed E-state index contributed by atoms with van der Waals surface area (Å²) in [5, 5.41) is 7.01. The van der Waals surface area contributed by atoms with Gasteiger partial charge in [-0.3, -0.25) is 5.01 Å². The standard InChI is InChI=1S/C20H30Cl2N2O4Si/c1-20(19(25)26-2)7-6-8-24(20)23-13-16-17(21)11-15(12-18(16)22)28-14-27-9-10-29(3,4)5/h11-13H,6-10,14H2,1-5H3. The molecule has 162 valence electrons. The number of rotatable bonds is 9. The number of benzene rings is 1. The van der Waals surface area contributed by atoms with E-state index in [1.807, 2.05) is 6.92 Å². The topological polar surface area (TPSA) is 60.4 Å². The number of esters is 1. The summed E-state index contributed by atoms with van der Waals surface area (Å²) in [7, 11) is 0.261. The van der Waals surface area contributed by atoms with Gasteiger partial charge in [-0.25, -0.2) is 4.79 Å². The number of carbonyl (C=O) groups excluding carboxylic acids is 1. The highest BCUT2D eigenvalue weighted by atomic mass is 35.5. The van der Waals surface area contributed by atoms with E-state index in [2.05, 4.69) is 24.7 Å². The van der Waals surface area contributed by atoms with E-state index >= 15 is 0 Å². The van der Waals surface area contributed by atoms with Gasteiger partial charge in [-0.15, -0.1) is 0 Å². The monoisotopic (exact) mass is 460 g/mol. The lowest BCUT2D eigenvalue weighted by Crippen LogP contribution is -2.45. The van der Waals surface area contributed by atoms with E-state index in [1.54, 1.807) is 23.4 Å². The summed E-state index contributed by atoms with van der Waals surface area (Å²) >= 11 is 12.8. The molecule has 0 N–H and O–H groups in total. The van der Waals surface area contributed by atoms with Crippen molar-refractivity contribution in [1.29, 1.82) is 0 Å². The van der Waals surface area contributed by atoms with E-state index in [4.69, 9.17) is 37.4 Å². The van der Waals surface area contributed by atoms with Crippen molar-refractivity contribution in [2.45, 2.75) is 51.0 Å². The van der Waals surface area contributed by atoms with Gasteiger partial charge >= 0.3 is 5.97 Å². The highest BCUT2D eigenvalue weighted by Crippen LogP contribution is 2.32. The van der Waals surface area contributed by atoms with Gasteiger partial charge in [0.1, 0.15) is 5.75 Å². The average Bonchev–Trinajstić information content (AvgIpc) is 3.01. The van der Waals surface area contributed by atoms with E-state index in [0.29, 0.717) is 40.9 Å². The van der Waals surface area contributed by atoms with Crippen molar-refractivity contribution in [1.82, 2.24) is 5.01 Å².